The zero-order chi connectivity index (χ0) is 16.8. The van der Waals surface area contributed by atoms with Gasteiger partial charge in [-0.2, -0.15) is 14.9 Å². The molecule has 0 amide bonds. The Morgan fingerprint density at radius 3 is 2.91 bits per heavy atom. The smallest absolute Gasteiger partial charge is 0.216 e. The van der Waals surface area contributed by atoms with E-state index < -0.39 is 0 Å². The maximum atomic E-state index is 5.70. The number of aromatic nitrogens is 3. The Morgan fingerprint density at radius 1 is 1.48 bits per heavy atom. The van der Waals surface area contributed by atoms with Crippen molar-refractivity contribution < 1.29 is 4.74 Å². The molecule has 0 aliphatic rings. The predicted molar refractivity (Wildman–Crippen MR) is 98.9 cm³/mol. The summed E-state index contributed by atoms with van der Waals surface area (Å²) in [4.78, 5) is 0. The molecule has 1 aromatic heterocycles. The molecule has 1 aromatic carbocycles. The molecule has 0 bridgehead atoms. The number of nitrogens with one attached hydrogen (secondary N) is 1. The normalized spacial score (nSPS) is 11.5. The minimum atomic E-state index is 0.135. The first kappa shape index (κ1) is 17.9. The molecular formula is C16H21BrN4OS. The van der Waals surface area contributed by atoms with Crippen LogP contribution in [-0.2, 0) is 6.42 Å². The van der Waals surface area contributed by atoms with Crippen LogP contribution in [0, 0.1) is 4.77 Å². The lowest BCUT2D eigenvalue weighted by molar-refractivity contribution is 0.241. The van der Waals surface area contributed by atoms with Crippen LogP contribution >= 0.6 is 28.1 Å². The Bertz CT molecular complexity index is 736. The van der Waals surface area contributed by atoms with E-state index in [1.807, 2.05) is 32.0 Å². The van der Waals surface area contributed by atoms with Gasteiger partial charge in [0.2, 0.25) is 4.77 Å². The lowest BCUT2D eigenvalue weighted by Gasteiger charge is -2.11. The quantitative estimate of drug-likeness (QED) is 0.544. The minimum Gasteiger partial charge on any atom is -0.490 e. The molecule has 1 heterocycles. The van der Waals surface area contributed by atoms with E-state index in [4.69, 9.17) is 17.0 Å². The fraction of sp³-hybridized carbons (Fsp3) is 0.438. The van der Waals surface area contributed by atoms with Crippen molar-refractivity contribution in [2.24, 2.45) is 5.10 Å². The highest BCUT2D eigenvalue weighted by molar-refractivity contribution is 9.10. The maximum absolute atomic E-state index is 5.70. The lowest BCUT2D eigenvalue weighted by Crippen LogP contribution is -2.06. The van der Waals surface area contributed by atoms with Gasteiger partial charge >= 0.3 is 0 Å². The summed E-state index contributed by atoms with van der Waals surface area (Å²) in [6.45, 7) is 6.15. The second kappa shape index (κ2) is 8.40. The highest BCUT2D eigenvalue weighted by atomic mass is 79.9. The van der Waals surface area contributed by atoms with Crippen molar-refractivity contribution >= 4 is 34.4 Å². The third-order valence-electron chi connectivity index (χ3n) is 3.11. The fourth-order valence-corrected chi connectivity index (χ4v) is 2.70. The van der Waals surface area contributed by atoms with Gasteiger partial charge in [0.1, 0.15) is 5.75 Å². The van der Waals surface area contributed by atoms with Crippen LogP contribution in [0.2, 0.25) is 0 Å². The molecule has 0 unspecified atom stereocenters. The molecule has 124 valence electrons. The van der Waals surface area contributed by atoms with Crippen molar-refractivity contribution in [3.05, 3.63) is 38.8 Å². The average molecular weight is 397 g/mol. The van der Waals surface area contributed by atoms with E-state index in [9.17, 15) is 0 Å². The summed E-state index contributed by atoms with van der Waals surface area (Å²) in [7, 11) is 0. The number of nitrogens with zero attached hydrogens (tertiary/aromatic N) is 3. The van der Waals surface area contributed by atoms with Gasteiger partial charge in [-0.1, -0.05) is 13.3 Å². The van der Waals surface area contributed by atoms with Gasteiger partial charge in [0.25, 0.3) is 0 Å². The van der Waals surface area contributed by atoms with Crippen molar-refractivity contribution in [3.8, 4) is 5.75 Å². The number of aromatic amines is 1. The SMILES string of the molecule is CCCCc1n[nH]c(=S)n1/N=C\c1ccc(OC(C)C)c(Br)c1. The molecule has 0 spiro atoms. The molecule has 1 N–H and O–H groups in total. The number of hydrogen-bond acceptors (Lipinski definition) is 4. The van der Waals surface area contributed by atoms with Crippen molar-refractivity contribution in [2.45, 2.75) is 46.1 Å². The summed E-state index contributed by atoms with van der Waals surface area (Å²) in [6.07, 6.45) is 4.92. The summed E-state index contributed by atoms with van der Waals surface area (Å²) in [5.74, 6) is 1.67. The second-order valence-electron chi connectivity index (χ2n) is 5.46. The van der Waals surface area contributed by atoms with E-state index in [-0.39, 0.29) is 6.10 Å². The van der Waals surface area contributed by atoms with E-state index in [0.717, 1.165) is 40.9 Å². The Balaban J connectivity index is 2.19. The molecule has 0 aliphatic carbocycles. The summed E-state index contributed by atoms with van der Waals surface area (Å²) in [5, 5.41) is 11.5. The molecule has 0 saturated carbocycles. The van der Waals surface area contributed by atoms with Crippen LogP contribution in [0.25, 0.3) is 0 Å². The third kappa shape index (κ3) is 5.00. The number of unbranched alkanes of at least 4 members (excludes halogenated alkanes) is 1. The average Bonchev–Trinajstić information content (AvgIpc) is 2.85. The highest BCUT2D eigenvalue weighted by Crippen LogP contribution is 2.26. The van der Waals surface area contributed by atoms with Crippen LogP contribution < -0.4 is 4.74 Å². The highest BCUT2D eigenvalue weighted by Gasteiger charge is 2.06. The topological polar surface area (TPSA) is 55.2 Å². The number of halogens is 1. The molecule has 0 radical (unpaired) electrons. The Hall–Kier alpha value is -1.47. The molecule has 0 saturated heterocycles. The molecule has 0 aliphatic heterocycles. The zero-order valence-corrected chi connectivity index (χ0v) is 15.9. The van der Waals surface area contributed by atoms with Crippen molar-refractivity contribution in [2.75, 3.05) is 0 Å². The van der Waals surface area contributed by atoms with Crippen LogP contribution in [0.4, 0.5) is 0 Å². The van der Waals surface area contributed by atoms with Crippen molar-refractivity contribution in [3.63, 3.8) is 0 Å². The molecule has 5 nitrogen and oxygen atoms in total. The van der Waals surface area contributed by atoms with Gasteiger partial charge in [-0.25, -0.2) is 0 Å². The van der Waals surface area contributed by atoms with E-state index in [1.165, 1.54) is 0 Å². The zero-order valence-electron chi connectivity index (χ0n) is 13.5. The number of rotatable bonds is 7. The standard InChI is InChI=1S/C16H21BrN4OS/c1-4-5-6-15-19-20-16(23)21(15)18-10-12-7-8-14(13(17)9-12)22-11(2)3/h7-11H,4-6H2,1-3H3,(H,20,23)/b18-10-. The van der Waals surface area contributed by atoms with Crippen molar-refractivity contribution in [1.82, 2.24) is 14.9 Å². The summed E-state index contributed by atoms with van der Waals surface area (Å²) < 4.78 is 8.79. The number of H-pyrrole nitrogens is 1. The van der Waals surface area contributed by atoms with Gasteiger partial charge in [-0.05, 0) is 72.2 Å². The molecule has 23 heavy (non-hydrogen) atoms. The molecule has 0 fully saturated rings. The lowest BCUT2D eigenvalue weighted by atomic mass is 10.2. The Morgan fingerprint density at radius 2 is 2.26 bits per heavy atom. The monoisotopic (exact) mass is 396 g/mol. The van der Waals surface area contributed by atoms with Gasteiger partial charge in [-0.3, -0.25) is 5.10 Å². The largest absolute Gasteiger partial charge is 0.490 e. The number of benzene rings is 1. The first-order valence-corrected chi connectivity index (χ1v) is 8.88. The van der Waals surface area contributed by atoms with Gasteiger partial charge in [0.05, 0.1) is 16.8 Å². The van der Waals surface area contributed by atoms with Gasteiger partial charge in [0, 0.05) is 6.42 Å². The van der Waals surface area contributed by atoms with Gasteiger partial charge < -0.3 is 4.74 Å². The van der Waals surface area contributed by atoms with Gasteiger partial charge in [-0.15, -0.1) is 0 Å². The van der Waals surface area contributed by atoms with E-state index in [0.29, 0.717) is 4.77 Å². The Kier molecular flexibility index (Phi) is 6.53. The third-order valence-corrected chi connectivity index (χ3v) is 4.00. The molecule has 7 heteroatoms. The number of hydrogen-bond donors (Lipinski definition) is 1. The van der Waals surface area contributed by atoms with Gasteiger partial charge in [0.15, 0.2) is 5.82 Å². The second-order valence-corrected chi connectivity index (χ2v) is 6.70. The molecule has 2 rings (SSSR count). The van der Waals surface area contributed by atoms with Crippen LogP contribution in [0.3, 0.4) is 0 Å². The first-order chi connectivity index (χ1) is 11.0. The summed E-state index contributed by atoms with van der Waals surface area (Å²) in [5.41, 5.74) is 0.956. The van der Waals surface area contributed by atoms with E-state index >= 15 is 0 Å². The maximum Gasteiger partial charge on any atom is 0.216 e. The molecular weight excluding hydrogens is 376 g/mol. The summed E-state index contributed by atoms with van der Waals surface area (Å²) >= 11 is 8.76. The van der Waals surface area contributed by atoms with Crippen LogP contribution in [0.1, 0.15) is 45.0 Å². The van der Waals surface area contributed by atoms with E-state index in [2.05, 4.69) is 38.2 Å². The Labute approximate surface area is 149 Å². The van der Waals surface area contributed by atoms with Crippen LogP contribution in [0.15, 0.2) is 27.8 Å². The first-order valence-electron chi connectivity index (χ1n) is 7.68. The predicted octanol–water partition coefficient (Wildman–Crippen LogP) is 4.72. The number of ether oxygens (including phenoxy) is 1. The van der Waals surface area contributed by atoms with E-state index in [1.54, 1.807) is 10.9 Å². The summed E-state index contributed by atoms with van der Waals surface area (Å²) in [6, 6.07) is 5.86. The fourth-order valence-electron chi connectivity index (χ4n) is 2.01. The molecule has 0 atom stereocenters. The minimum absolute atomic E-state index is 0.135. The number of aryl methyl sites for hydroxylation is 1. The molecule has 2 aromatic rings. The van der Waals surface area contributed by atoms with Crippen molar-refractivity contribution in [1.29, 1.82) is 0 Å². The van der Waals surface area contributed by atoms with Crippen LogP contribution in [0.5, 0.6) is 5.75 Å². The van der Waals surface area contributed by atoms with Crippen LogP contribution in [-0.4, -0.2) is 27.2 Å².